The van der Waals surface area contributed by atoms with Crippen LogP contribution in [0.2, 0.25) is 0 Å². The fraction of sp³-hybridized carbons (Fsp3) is 0.500. The summed E-state index contributed by atoms with van der Waals surface area (Å²) in [4.78, 5) is 32.8. The fourth-order valence-corrected chi connectivity index (χ4v) is 6.61. The van der Waals surface area contributed by atoms with E-state index in [9.17, 15) is 23.1 Å². The number of nitrogens with one attached hydrogen (secondary N) is 2. The van der Waals surface area contributed by atoms with Gasteiger partial charge in [0.2, 0.25) is 0 Å². The number of carbonyl (C=O) groups excluding carboxylic acids is 2. The van der Waals surface area contributed by atoms with Crippen molar-refractivity contribution >= 4 is 33.3 Å². The van der Waals surface area contributed by atoms with Crippen LogP contribution in [0.15, 0.2) is 60.0 Å². The molecular formula is C34H48N6O8S. The highest BCUT2D eigenvalue weighted by molar-refractivity contribution is 7.89. The second kappa shape index (κ2) is 17.0. The minimum atomic E-state index is -3.89. The lowest BCUT2D eigenvalue weighted by atomic mass is 10.0. The topological polar surface area (TPSA) is 165 Å². The Balaban J connectivity index is 1.61. The van der Waals surface area contributed by atoms with E-state index in [0.717, 1.165) is 12.8 Å². The molecule has 3 amide bonds. The van der Waals surface area contributed by atoms with Crippen molar-refractivity contribution in [3.63, 3.8) is 0 Å². The molecule has 4 atom stereocenters. The summed E-state index contributed by atoms with van der Waals surface area (Å²) in [5.74, 6) is 0.245. The van der Waals surface area contributed by atoms with Gasteiger partial charge < -0.3 is 39.4 Å². The third-order valence-corrected chi connectivity index (χ3v) is 10.2. The molecule has 15 heteroatoms. The SMILES string of the molecule is COc1ccc(NC(=O)Nc2ccc3c(c2)C(=O)N([C@@H](C)CO)C[C@H](C)[C@@H](CN(C)S(=O)(=O)c2cn(C)cn2)OCCCC[C@H](C)O3)cc1. The number of benzene rings is 2. The molecule has 0 fully saturated rings. The summed E-state index contributed by atoms with van der Waals surface area (Å²) in [7, 11) is 0.848. The molecule has 1 aliphatic rings. The first kappa shape index (κ1) is 37.6. The Morgan fingerprint density at radius 1 is 1.14 bits per heavy atom. The van der Waals surface area contributed by atoms with Crippen LogP contribution in [0.25, 0.3) is 0 Å². The molecule has 268 valence electrons. The van der Waals surface area contributed by atoms with Gasteiger partial charge in [0.05, 0.1) is 43.9 Å². The van der Waals surface area contributed by atoms with Crippen LogP contribution in [0.3, 0.4) is 0 Å². The lowest BCUT2D eigenvalue weighted by Crippen LogP contribution is -2.48. The monoisotopic (exact) mass is 700 g/mol. The number of urea groups is 1. The van der Waals surface area contributed by atoms with Crippen molar-refractivity contribution in [3.8, 4) is 11.5 Å². The second-order valence-corrected chi connectivity index (χ2v) is 14.5. The smallest absolute Gasteiger partial charge is 0.323 e. The molecule has 0 unspecified atom stereocenters. The van der Waals surface area contributed by atoms with Crippen LogP contribution in [-0.4, -0.2) is 103 Å². The van der Waals surface area contributed by atoms with Crippen molar-refractivity contribution in [1.29, 1.82) is 0 Å². The zero-order valence-corrected chi connectivity index (χ0v) is 29.8. The summed E-state index contributed by atoms with van der Waals surface area (Å²) >= 11 is 0. The highest BCUT2D eigenvalue weighted by Crippen LogP contribution is 2.29. The number of hydrogen-bond donors (Lipinski definition) is 3. The number of aromatic nitrogens is 2. The van der Waals surface area contributed by atoms with E-state index in [-0.39, 0.29) is 42.3 Å². The van der Waals surface area contributed by atoms with Gasteiger partial charge in [-0.1, -0.05) is 6.92 Å². The zero-order chi connectivity index (χ0) is 35.7. The number of aliphatic hydroxyl groups is 1. The summed E-state index contributed by atoms with van der Waals surface area (Å²) in [6, 6.07) is 10.6. The highest BCUT2D eigenvalue weighted by Gasteiger charge is 2.33. The number of carbonyl (C=O) groups is 2. The minimum Gasteiger partial charge on any atom is -0.497 e. The van der Waals surface area contributed by atoms with Crippen LogP contribution in [-0.2, 0) is 21.8 Å². The van der Waals surface area contributed by atoms with E-state index in [4.69, 9.17) is 14.2 Å². The fourth-order valence-electron chi connectivity index (χ4n) is 5.46. The highest BCUT2D eigenvalue weighted by atomic mass is 32.2. The number of imidazole rings is 1. The molecule has 3 aromatic rings. The Morgan fingerprint density at radius 3 is 2.49 bits per heavy atom. The molecule has 0 bridgehead atoms. The normalized spacial score (nSPS) is 20.1. The van der Waals surface area contributed by atoms with E-state index in [1.807, 2.05) is 13.8 Å². The van der Waals surface area contributed by atoms with Crippen molar-refractivity contribution < 1.29 is 37.3 Å². The Hall–Kier alpha value is -4.18. The van der Waals surface area contributed by atoms with Gasteiger partial charge in [-0.05, 0) is 75.6 Å². The predicted molar refractivity (Wildman–Crippen MR) is 186 cm³/mol. The summed E-state index contributed by atoms with van der Waals surface area (Å²) in [5.41, 5.74) is 1.13. The summed E-state index contributed by atoms with van der Waals surface area (Å²) < 4.78 is 47.1. The van der Waals surface area contributed by atoms with Crippen molar-refractivity contribution in [2.24, 2.45) is 13.0 Å². The standard InChI is InChI=1S/C34H48N6O8S/c1-23-18-40(24(2)21-41)33(42)29-17-27(37-34(43)36-26-10-13-28(46-6)14-11-26)12-15-30(29)48-25(3)9-7-8-16-47-31(23)19-39(5)49(44,45)32-20-38(4)22-35-32/h10-15,17,20,22-25,31,41H,7-9,16,18-19,21H2,1-6H3,(H2,36,37,43)/t23-,24-,25-,31+/m0/s1. The van der Waals surface area contributed by atoms with Crippen molar-refractivity contribution in [3.05, 3.63) is 60.6 Å². The number of sulfonamides is 1. The van der Waals surface area contributed by atoms with Crippen LogP contribution in [0.1, 0.15) is 50.4 Å². The van der Waals surface area contributed by atoms with Gasteiger partial charge in [-0.25, -0.2) is 18.2 Å². The molecule has 2 aromatic carbocycles. The maximum atomic E-state index is 14.4. The maximum Gasteiger partial charge on any atom is 0.323 e. The number of amides is 3. The Morgan fingerprint density at radius 2 is 1.84 bits per heavy atom. The van der Waals surface area contributed by atoms with Gasteiger partial charge >= 0.3 is 6.03 Å². The molecule has 0 aliphatic carbocycles. The van der Waals surface area contributed by atoms with Gasteiger partial charge in [0, 0.05) is 57.3 Å². The van der Waals surface area contributed by atoms with Gasteiger partial charge in [0.1, 0.15) is 11.5 Å². The van der Waals surface area contributed by atoms with E-state index in [1.165, 1.54) is 28.8 Å². The molecule has 1 aromatic heterocycles. The Kier molecular flexibility index (Phi) is 13.0. The molecule has 0 saturated carbocycles. The van der Waals surface area contributed by atoms with Gasteiger partial charge in [-0.3, -0.25) is 4.79 Å². The number of rotatable bonds is 9. The van der Waals surface area contributed by atoms with Gasteiger partial charge in [-0.2, -0.15) is 4.31 Å². The Bertz CT molecular complexity index is 1660. The van der Waals surface area contributed by atoms with Gasteiger partial charge in [0.15, 0.2) is 5.03 Å². The number of methoxy groups -OCH3 is 1. The van der Waals surface area contributed by atoms with Crippen LogP contribution in [0, 0.1) is 5.92 Å². The van der Waals surface area contributed by atoms with Crippen LogP contribution in [0.5, 0.6) is 11.5 Å². The maximum absolute atomic E-state index is 14.4. The molecule has 3 N–H and O–H groups in total. The summed E-state index contributed by atoms with van der Waals surface area (Å²) in [6.07, 6.45) is 4.26. The number of hydrogen-bond acceptors (Lipinski definition) is 9. The molecule has 49 heavy (non-hydrogen) atoms. The summed E-state index contributed by atoms with van der Waals surface area (Å²) in [5, 5.41) is 15.7. The lowest BCUT2D eigenvalue weighted by Gasteiger charge is -2.35. The van der Waals surface area contributed by atoms with Crippen molar-refractivity contribution in [2.45, 2.75) is 63.3 Å². The number of fused-ring (bicyclic) bond motifs is 1. The molecule has 0 spiro atoms. The molecule has 0 radical (unpaired) electrons. The summed E-state index contributed by atoms with van der Waals surface area (Å²) in [6.45, 7) is 5.81. The molecule has 1 aliphatic heterocycles. The van der Waals surface area contributed by atoms with Crippen molar-refractivity contribution in [1.82, 2.24) is 18.8 Å². The molecule has 14 nitrogen and oxygen atoms in total. The number of aryl methyl sites for hydroxylation is 1. The van der Waals surface area contributed by atoms with Crippen LogP contribution >= 0.6 is 0 Å². The lowest BCUT2D eigenvalue weighted by molar-refractivity contribution is -0.00835. The predicted octanol–water partition coefficient (Wildman–Crippen LogP) is 4.19. The minimum absolute atomic E-state index is 0.0308. The number of likely N-dealkylation sites (N-methyl/N-ethyl adjacent to an activating group) is 1. The first-order valence-electron chi connectivity index (χ1n) is 16.3. The number of aliphatic hydroxyl groups excluding tert-OH is 1. The third kappa shape index (κ3) is 9.94. The molecule has 2 heterocycles. The van der Waals surface area contributed by atoms with Gasteiger partial charge in [0.25, 0.3) is 15.9 Å². The van der Waals surface area contributed by atoms with Crippen LogP contribution < -0.4 is 20.1 Å². The number of anilines is 2. The number of nitrogens with zero attached hydrogens (tertiary/aromatic N) is 4. The van der Waals surface area contributed by atoms with E-state index in [1.54, 1.807) is 68.1 Å². The zero-order valence-electron chi connectivity index (χ0n) is 29.0. The van der Waals surface area contributed by atoms with Crippen molar-refractivity contribution in [2.75, 3.05) is 51.1 Å². The first-order chi connectivity index (χ1) is 23.3. The quantitative estimate of drug-likeness (QED) is 0.297. The largest absolute Gasteiger partial charge is 0.497 e. The van der Waals surface area contributed by atoms with Gasteiger partial charge in [-0.15, -0.1) is 0 Å². The van der Waals surface area contributed by atoms with E-state index in [0.29, 0.717) is 35.9 Å². The average molecular weight is 701 g/mol. The first-order valence-corrected chi connectivity index (χ1v) is 17.8. The Labute approximate surface area is 288 Å². The molecule has 0 saturated heterocycles. The number of ether oxygens (including phenoxy) is 3. The third-order valence-electron chi connectivity index (χ3n) is 8.45. The average Bonchev–Trinajstić information content (AvgIpc) is 3.53. The second-order valence-electron chi connectivity index (χ2n) is 12.5. The van der Waals surface area contributed by atoms with E-state index < -0.39 is 34.1 Å². The molecular weight excluding hydrogens is 652 g/mol. The van der Waals surface area contributed by atoms with Crippen LogP contribution in [0.4, 0.5) is 16.2 Å². The molecule has 4 rings (SSSR count). The van der Waals surface area contributed by atoms with E-state index >= 15 is 0 Å². The van der Waals surface area contributed by atoms with E-state index in [2.05, 4.69) is 15.6 Å².